The fourth-order valence-corrected chi connectivity index (χ4v) is 4.47. The predicted octanol–water partition coefficient (Wildman–Crippen LogP) is 3.43. The van der Waals surface area contributed by atoms with Crippen LogP contribution in [0.2, 0.25) is 0 Å². The molecule has 196 valence electrons. The molecule has 0 radical (unpaired) electrons. The molecule has 0 aliphatic rings. The van der Waals surface area contributed by atoms with Crippen LogP contribution in [0, 0.1) is 18.6 Å². The van der Waals surface area contributed by atoms with E-state index in [9.17, 15) is 23.2 Å². The summed E-state index contributed by atoms with van der Waals surface area (Å²) in [6.07, 6.45) is 0.500. The third-order valence-electron chi connectivity index (χ3n) is 6.55. The standard InChI is InChI=1S/C29H28F2N4O3/c1-18-27(21-10-5-7-19(15-21)13-14-26(33)36)28(37)35(17-25(32)20-8-3-2-4-9-20)29(38)34(18)16-22-23(30)11-6-12-24(22)31/h2-12,15,25H,13-14,16-17,32H2,1H3,(H2,33,36)/t25-/m0/s1. The smallest absolute Gasteiger partial charge is 0.331 e. The summed E-state index contributed by atoms with van der Waals surface area (Å²) in [6.45, 7) is 1.00. The van der Waals surface area contributed by atoms with Crippen molar-refractivity contribution in [3.8, 4) is 11.1 Å². The van der Waals surface area contributed by atoms with Gasteiger partial charge in [-0.2, -0.15) is 0 Å². The molecule has 0 saturated carbocycles. The highest BCUT2D eigenvalue weighted by Gasteiger charge is 2.22. The van der Waals surface area contributed by atoms with Crippen molar-refractivity contribution in [2.24, 2.45) is 11.5 Å². The number of amides is 1. The minimum Gasteiger partial charge on any atom is -0.370 e. The highest BCUT2D eigenvalue weighted by Crippen LogP contribution is 2.23. The number of primary amides is 1. The topological polar surface area (TPSA) is 113 Å². The SMILES string of the molecule is Cc1c(-c2cccc(CCC(N)=O)c2)c(=O)n(C[C@H](N)c2ccccc2)c(=O)n1Cc1c(F)cccc1F. The molecule has 1 amide bonds. The molecular weight excluding hydrogens is 490 g/mol. The maximum atomic E-state index is 14.6. The lowest BCUT2D eigenvalue weighted by molar-refractivity contribution is -0.117. The highest BCUT2D eigenvalue weighted by molar-refractivity contribution is 5.74. The van der Waals surface area contributed by atoms with Gasteiger partial charge in [-0.1, -0.05) is 60.7 Å². The van der Waals surface area contributed by atoms with Gasteiger partial charge in [-0.15, -0.1) is 0 Å². The van der Waals surface area contributed by atoms with Crippen molar-refractivity contribution in [1.82, 2.24) is 9.13 Å². The van der Waals surface area contributed by atoms with Gasteiger partial charge in [0.25, 0.3) is 5.56 Å². The second kappa shape index (κ2) is 11.4. The molecule has 4 aromatic rings. The first-order valence-corrected chi connectivity index (χ1v) is 12.1. The summed E-state index contributed by atoms with van der Waals surface area (Å²) < 4.78 is 31.3. The van der Waals surface area contributed by atoms with Gasteiger partial charge in [0.2, 0.25) is 5.91 Å². The highest BCUT2D eigenvalue weighted by atomic mass is 19.1. The molecule has 0 spiro atoms. The average molecular weight is 519 g/mol. The summed E-state index contributed by atoms with van der Waals surface area (Å²) in [7, 11) is 0. The lowest BCUT2D eigenvalue weighted by Gasteiger charge is -2.20. The first kappa shape index (κ1) is 26.7. The largest absolute Gasteiger partial charge is 0.370 e. The van der Waals surface area contributed by atoms with E-state index in [0.29, 0.717) is 12.0 Å². The molecule has 3 aromatic carbocycles. The first-order valence-electron chi connectivity index (χ1n) is 12.1. The van der Waals surface area contributed by atoms with Crippen molar-refractivity contribution in [2.45, 2.75) is 38.9 Å². The summed E-state index contributed by atoms with van der Waals surface area (Å²) in [5.41, 5.74) is 12.5. The van der Waals surface area contributed by atoms with Crippen molar-refractivity contribution in [3.63, 3.8) is 0 Å². The van der Waals surface area contributed by atoms with Crippen molar-refractivity contribution in [1.29, 1.82) is 0 Å². The number of nitrogens with two attached hydrogens (primary N) is 2. The number of carbonyl (C=O) groups is 1. The summed E-state index contributed by atoms with van der Waals surface area (Å²) in [6, 6.07) is 18.8. The Balaban J connectivity index is 1.90. The Morgan fingerprint density at radius 1 is 0.921 bits per heavy atom. The molecule has 0 aliphatic carbocycles. The third-order valence-corrected chi connectivity index (χ3v) is 6.55. The summed E-state index contributed by atoms with van der Waals surface area (Å²) in [5.74, 6) is -2.06. The second-order valence-corrected chi connectivity index (χ2v) is 9.13. The zero-order valence-electron chi connectivity index (χ0n) is 20.9. The Labute approximate surface area is 218 Å². The number of halogens is 2. The van der Waals surface area contributed by atoms with Crippen molar-refractivity contribution in [2.75, 3.05) is 0 Å². The zero-order chi connectivity index (χ0) is 27.4. The molecule has 1 aromatic heterocycles. The quantitative estimate of drug-likeness (QED) is 0.353. The van der Waals surface area contributed by atoms with E-state index in [-0.39, 0.29) is 29.8 Å². The molecule has 0 fully saturated rings. The molecule has 0 unspecified atom stereocenters. The Hall–Kier alpha value is -4.37. The Kier molecular flexibility index (Phi) is 7.97. The zero-order valence-corrected chi connectivity index (χ0v) is 20.9. The summed E-state index contributed by atoms with van der Waals surface area (Å²) in [5, 5.41) is 0. The Bertz CT molecular complexity index is 1580. The molecular formula is C29H28F2N4O3. The van der Waals surface area contributed by atoms with Gasteiger partial charge in [0.15, 0.2) is 0 Å². The van der Waals surface area contributed by atoms with E-state index < -0.39 is 41.4 Å². The summed E-state index contributed by atoms with van der Waals surface area (Å²) in [4.78, 5) is 38.6. The van der Waals surface area contributed by atoms with E-state index in [4.69, 9.17) is 11.5 Å². The van der Waals surface area contributed by atoms with Gasteiger partial charge in [-0.05, 0) is 42.2 Å². The molecule has 7 nitrogen and oxygen atoms in total. The second-order valence-electron chi connectivity index (χ2n) is 9.13. The van der Waals surface area contributed by atoms with Crippen LogP contribution >= 0.6 is 0 Å². The van der Waals surface area contributed by atoms with Crippen molar-refractivity contribution < 1.29 is 13.6 Å². The van der Waals surface area contributed by atoms with Crippen LogP contribution in [0.1, 0.15) is 34.8 Å². The van der Waals surface area contributed by atoms with Crippen molar-refractivity contribution in [3.05, 3.63) is 128 Å². The van der Waals surface area contributed by atoms with Gasteiger partial charge < -0.3 is 11.5 Å². The van der Waals surface area contributed by atoms with E-state index in [1.165, 1.54) is 10.6 Å². The summed E-state index contributed by atoms with van der Waals surface area (Å²) >= 11 is 0. The van der Waals surface area contributed by atoms with Crippen LogP contribution in [-0.4, -0.2) is 15.0 Å². The van der Waals surface area contributed by atoms with E-state index in [0.717, 1.165) is 27.8 Å². The minimum absolute atomic E-state index is 0.130. The van der Waals surface area contributed by atoms with Gasteiger partial charge >= 0.3 is 5.69 Å². The van der Waals surface area contributed by atoms with Crippen LogP contribution < -0.4 is 22.7 Å². The minimum atomic E-state index is -0.801. The molecule has 9 heteroatoms. The van der Waals surface area contributed by atoms with Crippen LogP contribution in [0.5, 0.6) is 0 Å². The molecule has 0 bridgehead atoms. The normalized spacial score (nSPS) is 11.9. The number of aryl methyl sites for hydroxylation is 1. The predicted molar refractivity (Wildman–Crippen MR) is 141 cm³/mol. The van der Waals surface area contributed by atoms with Gasteiger partial charge in [0.05, 0.1) is 18.7 Å². The van der Waals surface area contributed by atoms with Crippen molar-refractivity contribution >= 4 is 5.91 Å². The van der Waals surface area contributed by atoms with E-state index in [1.54, 1.807) is 55.5 Å². The lowest BCUT2D eigenvalue weighted by atomic mass is 10.00. The molecule has 0 aliphatic heterocycles. The Morgan fingerprint density at radius 3 is 2.24 bits per heavy atom. The van der Waals surface area contributed by atoms with Crippen LogP contribution in [0.3, 0.4) is 0 Å². The monoisotopic (exact) mass is 518 g/mol. The third kappa shape index (κ3) is 5.63. The lowest BCUT2D eigenvalue weighted by Crippen LogP contribution is -2.44. The number of rotatable bonds is 9. The molecule has 0 saturated heterocycles. The fourth-order valence-electron chi connectivity index (χ4n) is 4.47. The fraction of sp³-hybridized carbons (Fsp3) is 0.207. The molecule has 38 heavy (non-hydrogen) atoms. The van der Waals surface area contributed by atoms with Gasteiger partial charge in [-0.3, -0.25) is 18.7 Å². The first-order chi connectivity index (χ1) is 18.2. The van der Waals surface area contributed by atoms with Gasteiger partial charge in [0.1, 0.15) is 11.6 Å². The molecule has 1 atom stereocenters. The number of benzene rings is 3. The van der Waals surface area contributed by atoms with Gasteiger partial charge in [-0.25, -0.2) is 13.6 Å². The molecule has 4 rings (SSSR count). The average Bonchev–Trinajstić information content (AvgIpc) is 2.90. The number of carbonyl (C=O) groups excluding carboxylic acids is 1. The van der Waals surface area contributed by atoms with E-state index in [1.807, 2.05) is 6.07 Å². The number of hydrogen-bond acceptors (Lipinski definition) is 4. The number of hydrogen-bond donors (Lipinski definition) is 2. The van der Waals surface area contributed by atoms with Crippen LogP contribution in [-0.2, 0) is 24.3 Å². The van der Waals surface area contributed by atoms with E-state index >= 15 is 0 Å². The molecule has 1 heterocycles. The number of aromatic nitrogens is 2. The molecule has 4 N–H and O–H groups in total. The maximum absolute atomic E-state index is 14.6. The van der Waals surface area contributed by atoms with Crippen LogP contribution in [0.15, 0.2) is 82.4 Å². The van der Waals surface area contributed by atoms with Crippen LogP contribution in [0.4, 0.5) is 8.78 Å². The van der Waals surface area contributed by atoms with E-state index in [2.05, 4.69) is 0 Å². The van der Waals surface area contributed by atoms with Crippen LogP contribution in [0.25, 0.3) is 11.1 Å². The maximum Gasteiger partial charge on any atom is 0.331 e. The number of nitrogens with zero attached hydrogens (tertiary/aromatic N) is 2. The van der Waals surface area contributed by atoms with Gasteiger partial charge in [0, 0.05) is 23.7 Å². The Morgan fingerprint density at radius 2 is 1.58 bits per heavy atom.